The molecule has 106 valence electrons. The van der Waals surface area contributed by atoms with Gasteiger partial charge in [-0.25, -0.2) is 4.79 Å². The van der Waals surface area contributed by atoms with E-state index < -0.39 is 16.9 Å². The highest BCUT2D eigenvalue weighted by molar-refractivity contribution is 5.94. The zero-order chi connectivity index (χ0) is 15.1. The van der Waals surface area contributed by atoms with Gasteiger partial charge in [0.1, 0.15) is 0 Å². The zero-order valence-corrected chi connectivity index (χ0v) is 11.2. The number of carbonyl (C=O) groups is 2. The van der Waals surface area contributed by atoms with Crippen molar-refractivity contribution in [2.24, 2.45) is 0 Å². The summed E-state index contributed by atoms with van der Waals surface area (Å²) in [5.41, 5.74) is 1.39. The Bertz CT molecular complexity index is 533. The van der Waals surface area contributed by atoms with Crippen LogP contribution in [0.25, 0.3) is 6.08 Å². The van der Waals surface area contributed by atoms with Crippen LogP contribution in [0.4, 0.5) is 0 Å². The Morgan fingerprint density at radius 1 is 1.35 bits per heavy atom. The van der Waals surface area contributed by atoms with Crippen LogP contribution in [-0.2, 0) is 9.53 Å². The van der Waals surface area contributed by atoms with Crippen molar-refractivity contribution >= 4 is 17.8 Å². The molecule has 20 heavy (non-hydrogen) atoms. The van der Waals surface area contributed by atoms with E-state index in [0.29, 0.717) is 5.56 Å². The number of carbonyl (C=O) groups excluding carboxylic acids is 2. The van der Waals surface area contributed by atoms with E-state index in [1.54, 1.807) is 30.3 Å². The zero-order valence-electron chi connectivity index (χ0n) is 11.2. The number of esters is 1. The molecule has 6 nitrogen and oxygen atoms in total. The molecule has 0 aliphatic heterocycles. The van der Waals surface area contributed by atoms with E-state index in [1.807, 2.05) is 0 Å². The minimum Gasteiger partial charge on any atom is -0.464 e. The van der Waals surface area contributed by atoms with Crippen LogP contribution < -0.4 is 0 Å². The van der Waals surface area contributed by atoms with Gasteiger partial charge in [0.05, 0.1) is 7.11 Å². The van der Waals surface area contributed by atoms with Crippen LogP contribution in [0.1, 0.15) is 29.3 Å². The van der Waals surface area contributed by atoms with Crippen LogP contribution >= 0.6 is 0 Å². The number of ketones is 1. The number of hydrogen-bond acceptors (Lipinski definition) is 5. The van der Waals surface area contributed by atoms with Gasteiger partial charge in [-0.2, -0.15) is 0 Å². The highest BCUT2D eigenvalue weighted by atomic mass is 16.6. The van der Waals surface area contributed by atoms with Crippen LogP contribution in [0.5, 0.6) is 0 Å². The van der Waals surface area contributed by atoms with Gasteiger partial charge in [0.2, 0.25) is 0 Å². The third-order valence-corrected chi connectivity index (χ3v) is 2.71. The van der Waals surface area contributed by atoms with Gasteiger partial charge in [0.15, 0.2) is 5.78 Å². The number of nitrogens with zero attached hydrogens (tertiary/aromatic N) is 1. The molecule has 1 unspecified atom stereocenters. The molecule has 0 saturated heterocycles. The summed E-state index contributed by atoms with van der Waals surface area (Å²) in [5, 5.41) is 10.7. The van der Waals surface area contributed by atoms with Gasteiger partial charge in [-0.15, -0.1) is 0 Å². The first-order valence-electron chi connectivity index (χ1n) is 5.94. The number of ether oxygens (including phenoxy) is 1. The molecule has 1 aromatic rings. The summed E-state index contributed by atoms with van der Waals surface area (Å²) < 4.78 is 4.37. The highest BCUT2D eigenvalue weighted by Gasteiger charge is 2.28. The average Bonchev–Trinajstić information content (AvgIpc) is 2.43. The maximum absolute atomic E-state index is 11.2. The van der Waals surface area contributed by atoms with Crippen molar-refractivity contribution in [3.8, 4) is 0 Å². The Hall–Kier alpha value is -2.50. The molecule has 0 radical (unpaired) electrons. The molecule has 1 atom stereocenters. The summed E-state index contributed by atoms with van der Waals surface area (Å²) in [5.74, 6) is -0.897. The smallest absolute Gasteiger partial charge is 0.381 e. The molecule has 0 saturated carbocycles. The molecule has 0 aliphatic carbocycles. The molecule has 1 aromatic carbocycles. The Morgan fingerprint density at radius 3 is 2.40 bits per heavy atom. The first-order chi connectivity index (χ1) is 9.45. The molecule has 0 aromatic heterocycles. The van der Waals surface area contributed by atoms with E-state index in [-0.39, 0.29) is 12.2 Å². The summed E-state index contributed by atoms with van der Waals surface area (Å²) in [4.78, 5) is 32.3. The summed E-state index contributed by atoms with van der Waals surface area (Å²) in [6.45, 7) is 1.48. The molecule has 0 fully saturated rings. The predicted molar refractivity (Wildman–Crippen MR) is 72.9 cm³/mol. The second-order valence-electron chi connectivity index (χ2n) is 4.14. The fraction of sp³-hybridized carbons (Fsp3) is 0.286. The number of hydrogen-bond donors (Lipinski definition) is 0. The van der Waals surface area contributed by atoms with Crippen LogP contribution in [0, 0.1) is 10.1 Å². The maximum Gasteiger partial charge on any atom is 0.381 e. The number of Topliss-reactive ketones (excluding diaryl/α,β-unsaturated/α-hetero) is 1. The van der Waals surface area contributed by atoms with E-state index in [4.69, 9.17) is 0 Å². The Labute approximate surface area is 116 Å². The Morgan fingerprint density at radius 2 is 1.95 bits per heavy atom. The standard InChI is InChI=1S/C14H15NO5/c1-10(16)12-8-6-11(7-9-12)4-3-5-13(15(18)19)14(17)20-2/h3-4,6-9,13H,5H2,1-2H3/b4-3+. The number of methoxy groups -OCH3 is 1. The Balaban J connectivity index is 2.70. The lowest BCUT2D eigenvalue weighted by atomic mass is 10.1. The number of rotatable bonds is 6. The SMILES string of the molecule is COC(=O)C(C/C=C/c1ccc(C(C)=O)cc1)[N+](=O)[O-]. The van der Waals surface area contributed by atoms with Crippen molar-refractivity contribution in [1.82, 2.24) is 0 Å². The van der Waals surface area contributed by atoms with Gasteiger partial charge >= 0.3 is 12.0 Å². The van der Waals surface area contributed by atoms with Gasteiger partial charge in [-0.3, -0.25) is 14.9 Å². The summed E-state index contributed by atoms with van der Waals surface area (Å²) in [6.07, 6.45) is 3.14. The summed E-state index contributed by atoms with van der Waals surface area (Å²) in [7, 11) is 1.11. The van der Waals surface area contributed by atoms with Crippen molar-refractivity contribution in [3.63, 3.8) is 0 Å². The normalized spacial score (nSPS) is 12.1. The highest BCUT2D eigenvalue weighted by Crippen LogP contribution is 2.09. The van der Waals surface area contributed by atoms with Crippen LogP contribution in [-0.4, -0.2) is 29.8 Å². The van der Waals surface area contributed by atoms with E-state index >= 15 is 0 Å². The van der Waals surface area contributed by atoms with Gasteiger partial charge in [-0.1, -0.05) is 36.4 Å². The number of nitro groups is 1. The molecule has 0 spiro atoms. The molecule has 0 amide bonds. The van der Waals surface area contributed by atoms with Gasteiger partial charge in [-0.05, 0) is 12.5 Å². The molecular formula is C14H15NO5. The summed E-state index contributed by atoms with van der Waals surface area (Å²) in [6, 6.07) is 5.41. The predicted octanol–water partition coefficient (Wildman–Crippen LogP) is 2.11. The fourth-order valence-corrected chi connectivity index (χ4v) is 1.57. The molecule has 6 heteroatoms. The Kier molecular flexibility index (Phi) is 5.58. The van der Waals surface area contributed by atoms with Gasteiger partial charge < -0.3 is 4.74 Å². The second kappa shape index (κ2) is 7.18. The lowest BCUT2D eigenvalue weighted by molar-refractivity contribution is -0.509. The minimum absolute atomic E-state index is 0.0281. The van der Waals surface area contributed by atoms with Crippen molar-refractivity contribution < 1.29 is 19.2 Å². The minimum atomic E-state index is -1.40. The van der Waals surface area contributed by atoms with Gasteiger partial charge in [0, 0.05) is 16.9 Å². The molecule has 0 heterocycles. The first-order valence-corrected chi connectivity index (χ1v) is 5.94. The van der Waals surface area contributed by atoms with Gasteiger partial charge in [0.25, 0.3) is 0 Å². The van der Waals surface area contributed by atoms with Crippen LogP contribution in [0.15, 0.2) is 30.3 Å². The van der Waals surface area contributed by atoms with E-state index in [1.165, 1.54) is 13.0 Å². The largest absolute Gasteiger partial charge is 0.464 e. The quantitative estimate of drug-likeness (QED) is 0.344. The summed E-state index contributed by atoms with van der Waals surface area (Å²) >= 11 is 0. The number of benzene rings is 1. The third kappa shape index (κ3) is 4.31. The van der Waals surface area contributed by atoms with Crippen LogP contribution in [0.3, 0.4) is 0 Å². The van der Waals surface area contributed by atoms with Crippen molar-refractivity contribution in [2.75, 3.05) is 7.11 Å². The molecular weight excluding hydrogens is 262 g/mol. The lowest BCUT2D eigenvalue weighted by Gasteiger charge is -2.04. The van der Waals surface area contributed by atoms with Crippen molar-refractivity contribution in [3.05, 3.63) is 51.6 Å². The molecule has 0 aliphatic rings. The lowest BCUT2D eigenvalue weighted by Crippen LogP contribution is -2.29. The van der Waals surface area contributed by atoms with Crippen molar-refractivity contribution in [1.29, 1.82) is 0 Å². The molecule has 0 N–H and O–H groups in total. The monoisotopic (exact) mass is 277 g/mol. The van der Waals surface area contributed by atoms with Crippen molar-refractivity contribution in [2.45, 2.75) is 19.4 Å². The van der Waals surface area contributed by atoms with E-state index in [9.17, 15) is 19.7 Å². The molecule has 1 rings (SSSR count). The fourth-order valence-electron chi connectivity index (χ4n) is 1.57. The average molecular weight is 277 g/mol. The van der Waals surface area contributed by atoms with E-state index in [2.05, 4.69) is 4.74 Å². The third-order valence-electron chi connectivity index (χ3n) is 2.71. The first kappa shape index (κ1) is 15.6. The topological polar surface area (TPSA) is 86.5 Å². The maximum atomic E-state index is 11.2. The van der Waals surface area contributed by atoms with Crippen LogP contribution in [0.2, 0.25) is 0 Å². The second-order valence-corrected chi connectivity index (χ2v) is 4.14. The van der Waals surface area contributed by atoms with E-state index in [0.717, 1.165) is 12.7 Å². The molecule has 0 bridgehead atoms.